The number of anilines is 2. The third kappa shape index (κ3) is 2.71. The molecule has 0 fully saturated rings. The molecule has 1 aromatic carbocycles. The molecule has 1 heterocycles. The van der Waals surface area contributed by atoms with Crippen LogP contribution in [-0.4, -0.2) is 12.0 Å². The summed E-state index contributed by atoms with van der Waals surface area (Å²) in [6.45, 7) is 0.394. The summed E-state index contributed by atoms with van der Waals surface area (Å²) in [6.07, 6.45) is 0. The Bertz CT molecular complexity index is 560. The highest BCUT2D eigenvalue weighted by molar-refractivity contribution is 6.31. The fraction of sp³-hybridized carbons (Fsp3) is 0.154. The van der Waals surface area contributed by atoms with Gasteiger partial charge in [-0.15, -0.1) is 0 Å². The second-order valence-corrected chi connectivity index (χ2v) is 4.38. The zero-order valence-corrected chi connectivity index (χ0v) is 10.7. The van der Waals surface area contributed by atoms with Gasteiger partial charge in [0.1, 0.15) is 11.6 Å². The predicted molar refractivity (Wildman–Crippen MR) is 72.2 cm³/mol. The molecule has 2 rings (SSSR count). The highest BCUT2D eigenvalue weighted by Crippen LogP contribution is 2.22. The third-order valence-electron chi connectivity index (χ3n) is 2.59. The van der Waals surface area contributed by atoms with Crippen LogP contribution in [0.25, 0.3) is 0 Å². The number of aromatic nitrogens is 1. The Morgan fingerprint density at radius 1 is 1.28 bits per heavy atom. The van der Waals surface area contributed by atoms with E-state index in [4.69, 9.17) is 17.3 Å². The van der Waals surface area contributed by atoms with Crippen LogP contribution >= 0.6 is 11.6 Å². The van der Waals surface area contributed by atoms with Crippen molar-refractivity contribution in [1.29, 1.82) is 0 Å². The third-order valence-corrected chi connectivity index (χ3v) is 2.93. The van der Waals surface area contributed by atoms with Gasteiger partial charge in [0.05, 0.1) is 22.9 Å². The predicted octanol–water partition coefficient (Wildman–Crippen LogP) is 3.09. The summed E-state index contributed by atoms with van der Waals surface area (Å²) < 4.78 is 13.6. The number of hydrogen-bond acceptors (Lipinski definition) is 3. The van der Waals surface area contributed by atoms with E-state index >= 15 is 0 Å². The number of hydrogen-bond donors (Lipinski definition) is 1. The van der Waals surface area contributed by atoms with Gasteiger partial charge in [0.2, 0.25) is 0 Å². The first-order valence-electron chi connectivity index (χ1n) is 5.44. The minimum absolute atomic E-state index is 0.278. The van der Waals surface area contributed by atoms with E-state index in [0.717, 1.165) is 0 Å². The Labute approximate surface area is 110 Å². The highest BCUT2D eigenvalue weighted by Gasteiger charge is 2.10. The van der Waals surface area contributed by atoms with E-state index in [1.807, 2.05) is 0 Å². The molecule has 0 saturated carbocycles. The molecule has 0 aliphatic carbocycles. The van der Waals surface area contributed by atoms with Crippen LogP contribution in [0, 0.1) is 5.82 Å². The molecule has 0 aliphatic heterocycles. The average molecular weight is 266 g/mol. The van der Waals surface area contributed by atoms with Crippen LogP contribution < -0.4 is 10.6 Å². The summed E-state index contributed by atoms with van der Waals surface area (Å²) in [5.74, 6) is 0.122. The van der Waals surface area contributed by atoms with E-state index in [2.05, 4.69) is 4.98 Å². The van der Waals surface area contributed by atoms with E-state index in [9.17, 15) is 4.39 Å². The second kappa shape index (κ2) is 5.23. The number of nitrogens with two attached hydrogens (primary N) is 1. The van der Waals surface area contributed by atoms with E-state index in [0.29, 0.717) is 28.8 Å². The van der Waals surface area contributed by atoms with Gasteiger partial charge in [0.15, 0.2) is 0 Å². The SMILES string of the molecule is CN(Cc1nc(N)ccc1Cl)c1ccccc1F. The largest absolute Gasteiger partial charge is 0.384 e. The molecule has 94 valence electrons. The molecule has 1 aromatic heterocycles. The van der Waals surface area contributed by atoms with Crippen LogP contribution in [0.2, 0.25) is 5.02 Å². The van der Waals surface area contributed by atoms with Crippen molar-refractivity contribution in [2.75, 3.05) is 17.7 Å². The van der Waals surface area contributed by atoms with E-state index in [-0.39, 0.29) is 5.82 Å². The maximum atomic E-state index is 13.6. The summed E-state index contributed by atoms with van der Waals surface area (Å²) in [4.78, 5) is 5.89. The molecule has 0 radical (unpaired) electrons. The number of para-hydroxylation sites is 1. The molecule has 0 unspecified atom stereocenters. The van der Waals surface area contributed by atoms with Gasteiger partial charge in [-0.2, -0.15) is 0 Å². The van der Waals surface area contributed by atoms with Crippen molar-refractivity contribution < 1.29 is 4.39 Å². The Balaban J connectivity index is 2.24. The zero-order valence-electron chi connectivity index (χ0n) is 9.90. The average Bonchev–Trinajstić information content (AvgIpc) is 2.34. The summed E-state index contributed by atoms with van der Waals surface area (Å²) >= 11 is 6.03. The minimum atomic E-state index is -0.278. The van der Waals surface area contributed by atoms with Crippen molar-refractivity contribution in [2.24, 2.45) is 0 Å². The molecule has 0 amide bonds. The van der Waals surface area contributed by atoms with Crippen molar-refractivity contribution >= 4 is 23.1 Å². The highest BCUT2D eigenvalue weighted by atomic mass is 35.5. The van der Waals surface area contributed by atoms with E-state index in [1.165, 1.54) is 6.07 Å². The fourth-order valence-corrected chi connectivity index (χ4v) is 1.85. The molecular formula is C13H13ClFN3. The summed E-state index contributed by atoms with van der Waals surface area (Å²) in [6, 6.07) is 9.88. The van der Waals surface area contributed by atoms with Gasteiger partial charge >= 0.3 is 0 Å². The lowest BCUT2D eigenvalue weighted by Gasteiger charge is -2.20. The van der Waals surface area contributed by atoms with Gasteiger partial charge in [0.25, 0.3) is 0 Å². The summed E-state index contributed by atoms with van der Waals surface area (Å²) in [5, 5.41) is 0.521. The van der Waals surface area contributed by atoms with Crippen LogP contribution in [0.1, 0.15) is 5.69 Å². The smallest absolute Gasteiger partial charge is 0.146 e. The molecule has 2 aromatic rings. The van der Waals surface area contributed by atoms with Crippen LogP contribution in [0.3, 0.4) is 0 Å². The van der Waals surface area contributed by atoms with Gasteiger partial charge in [-0.05, 0) is 24.3 Å². The van der Waals surface area contributed by atoms with Gasteiger partial charge in [-0.3, -0.25) is 0 Å². The van der Waals surface area contributed by atoms with Crippen LogP contribution in [-0.2, 0) is 6.54 Å². The van der Waals surface area contributed by atoms with Gasteiger partial charge in [-0.25, -0.2) is 9.37 Å². The number of halogens is 2. The van der Waals surface area contributed by atoms with E-state index in [1.54, 1.807) is 42.3 Å². The van der Waals surface area contributed by atoms with Crippen molar-refractivity contribution in [2.45, 2.75) is 6.54 Å². The van der Waals surface area contributed by atoms with Gasteiger partial charge in [-0.1, -0.05) is 23.7 Å². The van der Waals surface area contributed by atoms with Crippen LogP contribution in [0.4, 0.5) is 15.9 Å². The molecule has 18 heavy (non-hydrogen) atoms. The molecule has 0 saturated heterocycles. The maximum absolute atomic E-state index is 13.6. The maximum Gasteiger partial charge on any atom is 0.146 e. The fourth-order valence-electron chi connectivity index (χ4n) is 1.68. The van der Waals surface area contributed by atoms with Crippen LogP contribution in [0.15, 0.2) is 36.4 Å². The molecule has 0 atom stereocenters. The molecule has 0 bridgehead atoms. The monoisotopic (exact) mass is 265 g/mol. The number of nitrogens with zero attached hydrogens (tertiary/aromatic N) is 2. The molecular weight excluding hydrogens is 253 g/mol. The Morgan fingerprint density at radius 2 is 2.00 bits per heavy atom. The second-order valence-electron chi connectivity index (χ2n) is 3.97. The molecule has 5 heteroatoms. The first kappa shape index (κ1) is 12.6. The lowest BCUT2D eigenvalue weighted by molar-refractivity contribution is 0.622. The Hall–Kier alpha value is -1.81. The standard InChI is InChI=1S/C13H13ClFN3/c1-18(12-5-3-2-4-10(12)15)8-11-9(14)6-7-13(16)17-11/h2-7H,8H2,1H3,(H2,16,17). The number of nitrogen functional groups attached to an aromatic ring is 1. The molecule has 0 spiro atoms. The number of pyridine rings is 1. The molecule has 3 nitrogen and oxygen atoms in total. The molecule has 0 aliphatic rings. The lowest BCUT2D eigenvalue weighted by atomic mass is 10.2. The topological polar surface area (TPSA) is 42.2 Å². The summed E-state index contributed by atoms with van der Waals surface area (Å²) in [7, 11) is 1.78. The summed E-state index contributed by atoms with van der Waals surface area (Å²) in [5.41, 5.74) is 6.73. The van der Waals surface area contributed by atoms with Gasteiger partial charge < -0.3 is 10.6 Å². The zero-order chi connectivity index (χ0) is 13.1. The van der Waals surface area contributed by atoms with Crippen molar-refractivity contribution in [3.05, 3.63) is 52.9 Å². The van der Waals surface area contributed by atoms with Crippen molar-refractivity contribution in [3.8, 4) is 0 Å². The number of benzene rings is 1. The Morgan fingerprint density at radius 3 is 2.72 bits per heavy atom. The first-order valence-corrected chi connectivity index (χ1v) is 5.82. The Kier molecular flexibility index (Phi) is 3.67. The van der Waals surface area contributed by atoms with Crippen LogP contribution in [0.5, 0.6) is 0 Å². The first-order chi connectivity index (χ1) is 8.58. The lowest BCUT2D eigenvalue weighted by Crippen LogP contribution is -2.19. The molecule has 2 N–H and O–H groups in total. The number of rotatable bonds is 3. The van der Waals surface area contributed by atoms with Gasteiger partial charge in [0, 0.05) is 7.05 Å². The van der Waals surface area contributed by atoms with Crippen molar-refractivity contribution in [1.82, 2.24) is 4.98 Å². The van der Waals surface area contributed by atoms with E-state index < -0.39 is 0 Å². The minimum Gasteiger partial charge on any atom is -0.384 e. The van der Waals surface area contributed by atoms with Crippen molar-refractivity contribution in [3.63, 3.8) is 0 Å². The quantitative estimate of drug-likeness (QED) is 0.927. The normalized spacial score (nSPS) is 10.4.